The first-order valence-corrected chi connectivity index (χ1v) is 15.5. The van der Waals surface area contributed by atoms with Gasteiger partial charge in [-0.25, -0.2) is 13.5 Å². The van der Waals surface area contributed by atoms with Crippen molar-refractivity contribution in [1.29, 1.82) is 0 Å². The van der Waals surface area contributed by atoms with Crippen molar-refractivity contribution in [3.63, 3.8) is 0 Å². The molecule has 4 rings (SSSR count). The van der Waals surface area contributed by atoms with E-state index >= 15 is 0 Å². The minimum absolute atomic E-state index is 0.0158. The smallest absolute Gasteiger partial charge is 0.289 e. The van der Waals surface area contributed by atoms with Crippen LogP contribution in [0, 0.1) is 5.92 Å². The number of rotatable bonds is 15. The van der Waals surface area contributed by atoms with Crippen LogP contribution in [0.4, 0.5) is 0 Å². The van der Waals surface area contributed by atoms with Gasteiger partial charge < -0.3 is 15.1 Å². The number of carbonyl (C=O) groups is 3. The van der Waals surface area contributed by atoms with Crippen molar-refractivity contribution in [3.05, 3.63) is 114 Å². The predicted octanol–water partition coefficient (Wildman–Crippen LogP) is 3.99. The molecule has 10 nitrogen and oxygen atoms in total. The highest BCUT2D eigenvalue weighted by molar-refractivity contribution is 7.90. The quantitative estimate of drug-likeness (QED) is 0.119. The fraction of sp³-hybridized carbons (Fsp3) is 0.219. The third-order valence-corrected chi connectivity index (χ3v) is 7.82. The number of amides is 3. The van der Waals surface area contributed by atoms with Gasteiger partial charge >= 0.3 is 0 Å². The molecule has 0 aliphatic heterocycles. The van der Waals surface area contributed by atoms with E-state index < -0.39 is 21.7 Å². The number of nitrogens with zero attached hydrogens (tertiary/aromatic N) is 1. The van der Waals surface area contributed by atoms with Crippen molar-refractivity contribution in [2.75, 3.05) is 19.5 Å². The Morgan fingerprint density at radius 3 is 2.30 bits per heavy atom. The number of hydrogen-bond acceptors (Lipinski definition) is 7. The number of hydrogen-bond donors (Lipinski definition) is 2. The summed E-state index contributed by atoms with van der Waals surface area (Å²) in [6.07, 6.45) is 4.01. The number of hydroxylamine groups is 2. The van der Waals surface area contributed by atoms with E-state index in [1.165, 1.54) is 18.4 Å². The van der Waals surface area contributed by atoms with Crippen molar-refractivity contribution in [2.24, 2.45) is 5.92 Å². The SMILES string of the molecule is CS(=O)(=O)c1cccc(-c2ccoc2C(=O)NCNC(=O)[C@H](CCc2ccccc2)CN(C=O)OCc2ccccc2)c1. The van der Waals surface area contributed by atoms with E-state index in [-0.39, 0.29) is 36.4 Å². The van der Waals surface area contributed by atoms with Gasteiger partial charge in [0.25, 0.3) is 5.91 Å². The lowest BCUT2D eigenvalue weighted by molar-refractivity contribution is -0.182. The molecule has 43 heavy (non-hydrogen) atoms. The Balaban J connectivity index is 1.38. The van der Waals surface area contributed by atoms with Gasteiger partial charge in [0.05, 0.1) is 30.3 Å². The summed E-state index contributed by atoms with van der Waals surface area (Å²) < 4.78 is 29.3. The standard InChI is InChI=1S/C32H33N3O7S/c1-43(39,40)28-14-8-13-26(19-28)29-17-18-41-30(29)32(38)34-22-33-31(37)27(16-15-24-9-4-2-5-10-24)20-35(23-36)42-21-25-11-6-3-7-12-25/h2-14,17-19,23,27H,15-16,20-22H2,1H3,(H,33,37)(H,34,38)/t27-/m1/s1. The zero-order valence-electron chi connectivity index (χ0n) is 23.6. The maximum atomic E-state index is 13.2. The molecule has 0 saturated heterocycles. The fourth-order valence-corrected chi connectivity index (χ4v) is 5.08. The average Bonchev–Trinajstić information content (AvgIpc) is 3.52. The zero-order valence-corrected chi connectivity index (χ0v) is 24.5. The Morgan fingerprint density at radius 2 is 1.63 bits per heavy atom. The number of benzene rings is 3. The minimum atomic E-state index is -3.45. The van der Waals surface area contributed by atoms with Crippen molar-refractivity contribution >= 4 is 28.1 Å². The van der Waals surface area contributed by atoms with E-state index in [2.05, 4.69) is 10.6 Å². The van der Waals surface area contributed by atoms with Gasteiger partial charge in [0, 0.05) is 11.8 Å². The van der Waals surface area contributed by atoms with Crippen LogP contribution in [0.1, 0.15) is 28.1 Å². The highest BCUT2D eigenvalue weighted by Crippen LogP contribution is 2.27. The van der Waals surface area contributed by atoms with E-state index in [1.54, 1.807) is 18.2 Å². The first-order chi connectivity index (χ1) is 20.7. The lowest BCUT2D eigenvalue weighted by Gasteiger charge is -2.23. The molecule has 0 spiro atoms. The molecule has 1 atom stereocenters. The molecule has 0 aliphatic carbocycles. The summed E-state index contributed by atoms with van der Waals surface area (Å²) in [4.78, 5) is 43.7. The first kappa shape index (κ1) is 31.2. The molecular formula is C32H33N3O7S. The van der Waals surface area contributed by atoms with Crippen LogP contribution in [0.5, 0.6) is 0 Å². The normalized spacial score (nSPS) is 11.8. The van der Waals surface area contributed by atoms with E-state index in [0.717, 1.165) is 22.4 Å². The molecule has 3 aromatic carbocycles. The lowest BCUT2D eigenvalue weighted by atomic mass is 9.98. The lowest BCUT2D eigenvalue weighted by Crippen LogP contribution is -2.43. The maximum absolute atomic E-state index is 13.2. The molecule has 11 heteroatoms. The highest BCUT2D eigenvalue weighted by Gasteiger charge is 2.23. The molecule has 1 aromatic heterocycles. The molecule has 0 bridgehead atoms. The number of aryl methyl sites for hydroxylation is 1. The summed E-state index contributed by atoms with van der Waals surface area (Å²) in [7, 11) is -3.45. The summed E-state index contributed by atoms with van der Waals surface area (Å²) in [6.45, 7) is -0.0157. The number of nitrogens with one attached hydrogen (secondary N) is 2. The van der Waals surface area contributed by atoms with Crippen molar-refractivity contribution in [1.82, 2.24) is 15.7 Å². The average molecular weight is 604 g/mol. The van der Waals surface area contributed by atoms with Gasteiger partial charge in [0.2, 0.25) is 12.3 Å². The predicted molar refractivity (Wildman–Crippen MR) is 160 cm³/mol. The molecule has 0 unspecified atom stereocenters. The van der Waals surface area contributed by atoms with E-state index in [1.807, 2.05) is 60.7 Å². The van der Waals surface area contributed by atoms with E-state index in [9.17, 15) is 22.8 Å². The van der Waals surface area contributed by atoms with Crippen LogP contribution >= 0.6 is 0 Å². The number of carbonyl (C=O) groups excluding carboxylic acids is 3. The molecule has 3 amide bonds. The van der Waals surface area contributed by atoms with Gasteiger partial charge in [-0.05, 0) is 47.7 Å². The summed E-state index contributed by atoms with van der Waals surface area (Å²) in [5.74, 6) is -1.61. The Hall–Kier alpha value is -4.74. The summed E-state index contributed by atoms with van der Waals surface area (Å²) >= 11 is 0. The summed E-state index contributed by atoms with van der Waals surface area (Å²) in [6, 6.07) is 26.8. The second-order valence-corrected chi connectivity index (χ2v) is 11.9. The fourth-order valence-electron chi connectivity index (χ4n) is 4.41. The van der Waals surface area contributed by atoms with Crippen LogP contribution in [-0.2, 0) is 37.3 Å². The summed E-state index contributed by atoms with van der Waals surface area (Å²) in [5, 5.41) is 6.44. The van der Waals surface area contributed by atoms with Gasteiger partial charge in [-0.15, -0.1) is 0 Å². The number of furan rings is 1. The Labute approximate surface area is 250 Å². The van der Waals surface area contributed by atoms with Crippen LogP contribution in [0.3, 0.4) is 0 Å². The third-order valence-electron chi connectivity index (χ3n) is 6.71. The molecule has 0 aliphatic rings. The summed E-state index contributed by atoms with van der Waals surface area (Å²) in [5.41, 5.74) is 2.83. The molecule has 0 fully saturated rings. The molecule has 0 saturated carbocycles. The number of sulfone groups is 1. The van der Waals surface area contributed by atoms with Crippen LogP contribution in [0.25, 0.3) is 11.1 Å². The van der Waals surface area contributed by atoms with Crippen molar-refractivity contribution in [3.8, 4) is 11.1 Å². The van der Waals surface area contributed by atoms with Crippen molar-refractivity contribution in [2.45, 2.75) is 24.3 Å². The molecule has 1 heterocycles. The van der Waals surface area contributed by atoms with Crippen molar-refractivity contribution < 1.29 is 32.1 Å². The monoisotopic (exact) mass is 603 g/mol. The van der Waals surface area contributed by atoms with Gasteiger partial charge in [0.15, 0.2) is 15.6 Å². The molecule has 4 aromatic rings. The van der Waals surface area contributed by atoms with Crippen LogP contribution in [0.2, 0.25) is 0 Å². The third kappa shape index (κ3) is 9.12. The topological polar surface area (TPSA) is 135 Å². The minimum Gasteiger partial charge on any atom is -0.459 e. The van der Waals surface area contributed by atoms with E-state index in [0.29, 0.717) is 30.4 Å². The molecule has 2 N–H and O–H groups in total. The van der Waals surface area contributed by atoms with E-state index in [4.69, 9.17) is 9.25 Å². The maximum Gasteiger partial charge on any atom is 0.289 e. The first-order valence-electron chi connectivity index (χ1n) is 13.6. The Bertz CT molecular complexity index is 1620. The van der Waals surface area contributed by atoms with Crippen LogP contribution in [-0.4, -0.2) is 51.2 Å². The van der Waals surface area contributed by atoms with Gasteiger partial charge in [-0.1, -0.05) is 72.8 Å². The van der Waals surface area contributed by atoms with Gasteiger partial charge in [0.1, 0.15) is 6.61 Å². The van der Waals surface area contributed by atoms with Crippen LogP contribution in [0.15, 0.2) is 107 Å². The van der Waals surface area contributed by atoms with Crippen LogP contribution < -0.4 is 10.6 Å². The Kier molecular flexibility index (Phi) is 10.8. The molecular weight excluding hydrogens is 570 g/mol. The van der Waals surface area contributed by atoms with Gasteiger partial charge in [-0.3, -0.25) is 19.2 Å². The zero-order chi connectivity index (χ0) is 30.7. The largest absolute Gasteiger partial charge is 0.459 e. The second kappa shape index (κ2) is 14.9. The highest BCUT2D eigenvalue weighted by atomic mass is 32.2. The molecule has 0 radical (unpaired) electrons. The second-order valence-electron chi connectivity index (χ2n) is 9.87. The Morgan fingerprint density at radius 1 is 0.930 bits per heavy atom. The van der Waals surface area contributed by atoms with Gasteiger partial charge in [-0.2, -0.15) is 0 Å². The molecule has 224 valence electrons.